The van der Waals surface area contributed by atoms with E-state index in [9.17, 15) is 4.79 Å². The minimum Gasteiger partial charge on any atom is -0.496 e. The molecule has 0 fully saturated rings. The molecule has 0 bridgehead atoms. The molecule has 0 aliphatic heterocycles. The number of pyridine rings is 1. The number of amides is 1. The molecule has 0 aliphatic rings. The third-order valence-electron chi connectivity index (χ3n) is 5.11. The van der Waals surface area contributed by atoms with Gasteiger partial charge in [-0.25, -0.2) is 0 Å². The molecule has 0 aliphatic carbocycles. The summed E-state index contributed by atoms with van der Waals surface area (Å²) in [6, 6.07) is 13.3. The fourth-order valence-corrected chi connectivity index (χ4v) is 3.52. The van der Waals surface area contributed by atoms with Gasteiger partial charge >= 0.3 is 0 Å². The maximum Gasteiger partial charge on any atom is 0.224 e. The second-order valence-electron chi connectivity index (χ2n) is 7.49. The zero-order valence-electron chi connectivity index (χ0n) is 18.3. The van der Waals surface area contributed by atoms with Gasteiger partial charge < -0.3 is 14.6 Å². The lowest BCUT2D eigenvalue weighted by Crippen LogP contribution is -2.29. The standard InChI is InChI=1S/C24H25N5O3/c1-16-8-9-19(14-26-16)24-20(22-12-17(2)28-32-22)15-27-29(24)11-10-25-23(30)13-18-6-4-5-7-21(18)31-3/h4-9,12,14-15H,10-11,13H2,1-3H3,(H,25,30). The van der Waals surface area contributed by atoms with Gasteiger partial charge in [0.15, 0.2) is 5.76 Å². The highest BCUT2D eigenvalue weighted by Gasteiger charge is 2.18. The number of hydrogen-bond acceptors (Lipinski definition) is 6. The molecule has 3 heterocycles. The van der Waals surface area contributed by atoms with E-state index in [1.807, 2.05) is 67.2 Å². The lowest BCUT2D eigenvalue weighted by molar-refractivity contribution is -0.120. The van der Waals surface area contributed by atoms with E-state index in [1.54, 1.807) is 13.3 Å². The van der Waals surface area contributed by atoms with E-state index in [2.05, 4.69) is 20.6 Å². The van der Waals surface area contributed by atoms with Crippen LogP contribution in [0.5, 0.6) is 5.75 Å². The van der Waals surface area contributed by atoms with Crippen molar-refractivity contribution in [3.63, 3.8) is 0 Å². The lowest BCUT2D eigenvalue weighted by Gasteiger charge is -2.11. The molecule has 0 saturated carbocycles. The van der Waals surface area contributed by atoms with Gasteiger partial charge in [0, 0.05) is 35.6 Å². The summed E-state index contributed by atoms with van der Waals surface area (Å²) in [5.74, 6) is 1.27. The van der Waals surface area contributed by atoms with Crippen molar-refractivity contribution in [3.8, 4) is 28.3 Å². The van der Waals surface area contributed by atoms with Gasteiger partial charge in [-0.1, -0.05) is 23.4 Å². The van der Waals surface area contributed by atoms with E-state index < -0.39 is 0 Å². The van der Waals surface area contributed by atoms with Gasteiger partial charge in [-0.05, 0) is 32.0 Å². The van der Waals surface area contributed by atoms with Crippen LogP contribution in [0.25, 0.3) is 22.6 Å². The number of aromatic nitrogens is 4. The number of nitrogens with zero attached hydrogens (tertiary/aromatic N) is 4. The van der Waals surface area contributed by atoms with Crippen molar-refractivity contribution in [3.05, 3.63) is 71.8 Å². The number of para-hydroxylation sites is 1. The summed E-state index contributed by atoms with van der Waals surface area (Å²) >= 11 is 0. The Balaban J connectivity index is 1.50. The van der Waals surface area contributed by atoms with Crippen LogP contribution in [0.1, 0.15) is 17.0 Å². The molecule has 164 valence electrons. The number of rotatable bonds is 8. The van der Waals surface area contributed by atoms with Crippen LogP contribution in [0.15, 0.2) is 59.4 Å². The number of benzene rings is 1. The number of aryl methyl sites for hydroxylation is 2. The Morgan fingerprint density at radius 2 is 1.97 bits per heavy atom. The van der Waals surface area contributed by atoms with Crippen LogP contribution in [0.2, 0.25) is 0 Å². The number of hydrogen-bond donors (Lipinski definition) is 1. The number of methoxy groups -OCH3 is 1. The van der Waals surface area contributed by atoms with Gasteiger partial charge in [-0.3, -0.25) is 14.5 Å². The second kappa shape index (κ2) is 9.47. The van der Waals surface area contributed by atoms with E-state index in [4.69, 9.17) is 9.26 Å². The first-order chi connectivity index (χ1) is 15.5. The van der Waals surface area contributed by atoms with Crippen molar-refractivity contribution >= 4 is 5.91 Å². The van der Waals surface area contributed by atoms with Crippen LogP contribution in [0.4, 0.5) is 0 Å². The smallest absolute Gasteiger partial charge is 0.224 e. The second-order valence-corrected chi connectivity index (χ2v) is 7.49. The van der Waals surface area contributed by atoms with Crippen LogP contribution in [-0.2, 0) is 17.8 Å². The van der Waals surface area contributed by atoms with Crippen LogP contribution < -0.4 is 10.1 Å². The van der Waals surface area contributed by atoms with Gasteiger partial charge in [0.2, 0.25) is 5.91 Å². The molecule has 4 rings (SSSR count). The van der Waals surface area contributed by atoms with E-state index in [1.165, 1.54) is 0 Å². The summed E-state index contributed by atoms with van der Waals surface area (Å²) in [5, 5.41) is 11.5. The maximum absolute atomic E-state index is 12.5. The van der Waals surface area contributed by atoms with Crippen molar-refractivity contribution in [1.82, 2.24) is 25.2 Å². The summed E-state index contributed by atoms with van der Waals surface area (Å²) in [4.78, 5) is 16.9. The van der Waals surface area contributed by atoms with Gasteiger partial charge in [0.25, 0.3) is 0 Å². The zero-order chi connectivity index (χ0) is 22.5. The molecule has 0 unspecified atom stereocenters. The van der Waals surface area contributed by atoms with E-state index >= 15 is 0 Å². The molecule has 1 aromatic carbocycles. The summed E-state index contributed by atoms with van der Waals surface area (Å²) < 4.78 is 12.7. The third-order valence-corrected chi connectivity index (χ3v) is 5.11. The van der Waals surface area contributed by atoms with Gasteiger partial charge in [0.1, 0.15) is 5.75 Å². The minimum absolute atomic E-state index is 0.0775. The van der Waals surface area contributed by atoms with Crippen LogP contribution in [0, 0.1) is 13.8 Å². The monoisotopic (exact) mass is 431 g/mol. The summed E-state index contributed by atoms with van der Waals surface area (Å²) in [5.41, 5.74) is 5.19. The van der Waals surface area contributed by atoms with Gasteiger partial charge in [-0.2, -0.15) is 5.10 Å². The summed E-state index contributed by atoms with van der Waals surface area (Å²) in [7, 11) is 1.60. The SMILES string of the molecule is COc1ccccc1CC(=O)NCCn1ncc(-c2cc(C)no2)c1-c1ccc(C)nc1. The highest BCUT2D eigenvalue weighted by Crippen LogP contribution is 2.32. The molecule has 0 radical (unpaired) electrons. The quantitative estimate of drug-likeness (QED) is 0.458. The van der Waals surface area contributed by atoms with Crippen molar-refractivity contribution in [2.75, 3.05) is 13.7 Å². The molecular formula is C24H25N5O3. The maximum atomic E-state index is 12.5. The molecule has 0 saturated heterocycles. The zero-order valence-corrected chi connectivity index (χ0v) is 18.3. The van der Waals surface area contributed by atoms with E-state index in [-0.39, 0.29) is 12.3 Å². The normalized spacial score (nSPS) is 10.8. The van der Waals surface area contributed by atoms with Crippen LogP contribution in [-0.4, -0.2) is 39.5 Å². The first-order valence-corrected chi connectivity index (χ1v) is 10.4. The van der Waals surface area contributed by atoms with Crippen molar-refractivity contribution in [2.45, 2.75) is 26.8 Å². The molecule has 1 amide bonds. The van der Waals surface area contributed by atoms with Gasteiger partial charge in [-0.15, -0.1) is 0 Å². The molecular weight excluding hydrogens is 406 g/mol. The van der Waals surface area contributed by atoms with Crippen molar-refractivity contribution in [1.29, 1.82) is 0 Å². The molecule has 8 heteroatoms. The molecule has 32 heavy (non-hydrogen) atoms. The molecule has 0 atom stereocenters. The minimum atomic E-state index is -0.0775. The number of carbonyl (C=O) groups excluding carboxylic acids is 1. The predicted molar refractivity (Wildman–Crippen MR) is 120 cm³/mol. The first-order valence-electron chi connectivity index (χ1n) is 10.4. The Kier molecular flexibility index (Phi) is 6.30. The summed E-state index contributed by atoms with van der Waals surface area (Å²) in [6.07, 6.45) is 3.82. The number of ether oxygens (including phenoxy) is 1. The van der Waals surface area contributed by atoms with Crippen LogP contribution in [0.3, 0.4) is 0 Å². The highest BCUT2D eigenvalue weighted by atomic mass is 16.5. The number of carbonyl (C=O) groups is 1. The largest absolute Gasteiger partial charge is 0.496 e. The van der Waals surface area contributed by atoms with E-state index in [0.717, 1.165) is 33.8 Å². The molecule has 3 aromatic heterocycles. The topological polar surface area (TPSA) is 95.1 Å². The van der Waals surface area contributed by atoms with Crippen molar-refractivity contribution in [2.24, 2.45) is 0 Å². The Bertz CT molecular complexity index is 1210. The third kappa shape index (κ3) is 4.69. The lowest BCUT2D eigenvalue weighted by atomic mass is 10.1. The Morgan fingerprint density at radius 3 is 2.69 bits per heavy atom. The fourth-order valence-electron chi connectivity index (χ4n) is 3.52. The highest BCUT2D eigenvalue weighted by molar-refractivity contribution is 5.79. The van der Waals surface area contributed by atoms with Crippen LogP contribution >= 0.6 is 0 Å². The van der Waals surface area contributed by atoms with E-state index in [0.29, 0.717) is 24.6 Å². The van der Waals surface area contributed by atoms with Gasteiger partial charge in [0.05, 0.1) is 43.2 Å². The molecule has 4 aromatic rings. The number of nitrogens with one attached hydrogen (secondary N) is 1. The average Bonchev–Trinajstić information content (AvgIpc) is 3.41. The predicted octanol–water partition coefficient (Wildman–Crippen LogP) is 3.58. The summed E-state index contributed by atoms with van der Waals surface area (Å²) in [6.45, 7) is 4.74. The Hall–Kier alpha value is -3.94. The molecule has 1 N–H and O–H groups in total. The molecule has 0 spiro atoms. The fraction of sp³-hybridized carbons (Fsp3) is 0.250. The Labute approximate surface area is 186 Å². The molecule has 8 nitrogen and oxygen atoms in total. The average molecular weight is 431 g/mol. The first kappa shape index (κ1) is 21.3. The van der Waals surface area contributed by atoms with Crippen molar-refractivity contribution < 1.29 is 14.1 Å². The Morgan fingerprint density at radius 1 is 1.12 bits per heavy atom.